The number of amides is 2. The van der Waals surface area contributed by atoms with Gasteiger partial charge in [-0.15, -0.1) is 0 Å². The number of carbonyl (C=O) groups is 2. The van der Waals surface area contributed by atoms with Gasteiger partial charge in [0.25, 0.3) is 5.91 Å². The van der Waals surface area contributed by atoms with Gasteiger partial charge in [0.1, 0.15) is 24.7 Å². The molecule has 3 rings (SSSR count). The van der Waals surface area contributed by atoms with Gasteiger partial charge < -0.3 is 19.8 Å². The second-order valence-electron chi connectivity index (χ2n) is 5.26. The van der Waals surface area contributed by atoms with E-state index in [1.807, 2.05) is 0 Å². The van der Waals surface area contributed by atoms with Crippen LogP contribution in [0.15, 0.2) is 22.8 Å². The molecule has 9 heteroatoms. The van der Waals surface area contributed by atoms with E-state index in [4.69, 9.17) is 9.15 Å². The van der Waals surface area contributed by atoms with Crippen LogP contribution >= 0.6 is 11.8 Å². The Morgan fingerprint density at radius 3 is 3.04 bits per heavy atom. The van der Waals surface area contributed by atoms with Crippen molar-refractivity contribution in [1.29, 1.82) is 0 Å². The van der Waals surface area contributed by atoms with Crippen LogP contribution in [0.25, 0.3) is 0 Å². The maximum Gasteiger partial charge on any atom is 0.251 e. The summed E-state index contributed by atoms with van der Waals surface area (Å²) in [6.07, 6.45) is 1.56. The molecule has 2 amide bonds. The van der Waals surface area contributed by atoms with E-state index in [1.165, 1.54) is 11.8 Å². The lowest BCUT2D eigenvalue weighted by Crippen LogP contribution is -2.29. The summed E-state index contributed by atoms with van der Waals surface area (Å²) >= 11 is 1.73. The van der Waals surface area contributed by atoms with Gasteiger partial charge in [-0.2, -0.15) is 16.9 Å². The molecule has 128 valence electrons. The molecular formula is C15H18N4O4S. The van der Waals surface area contributed by atoms with Gasteiger partial charge in [-0.25, -0.2) is 4.68 Å². The van der Waals surface area contributed by atoms with E-state index in [0.717, 1.165) is 22.8 Å². The first-order valence-corrected chi connectivity index (χ1v) is 8.57. The van der Waals surface area contributed by atoms with Crippen LogP contribution in [0.3, 0.4) is 0 Å². The molecule has 2 aromatic rings. The minimum atomic E-state index is -0.269. The molecule has 0 unspecified atom stereocenters. The van der Waals surface area contributed by atoms with Crippen LogP contribution in [0.1, 0.15) is 17.0 Å². The van der Waals surface area contributed by atoms with Crippen molar-refractivity contribution < 1.29 is 18.7 Å². The molecule has 0 aromatic carbocycles. The van der Waals surface area contributed by atoms with Gasteiger partial charge in [-0.1, -0.05) is 0 Å². The minimum Gasteiger partial charge on any atom is -0.467 e. The number of thioether (sulfide) groups is 1. The number of rotatable bonds is 7. The highest BCUT2D eigenvalue weighted by atomic mass is 32.2. The van der Waals surface area contributed by atoms with Crippen molar-refractivity contribution in [2.24, 2.45) is 0 Å². The number of nitrogens with one attached hydrogen (secondary N) is 2. The molecule has 0 radical (unpaired) electrons. The highest BCUT2D eigenvalue weighted by molar-refractivity contribution is 7.98. The van der Waals surface area contributed by atoms with E-state index in [2.05, 4.69) is 15.7 Å². The second-order valence-corrected chi connectivity index (χ2v) is 6.25. The maximum absolute atomic E-state index is 12.1. The fourth-order valence-electron chi connectivity index (χ4n) is 2.41. The van der Waals surface area contributed by atoms with Crippen LogP contribution < -0.4 is 10.6 Å². The number of nitrogens with zero attached hydrogens (tertiary/aromatic N) is 2. The van der Waals surface area contributed by atoms with Crippen molar-refractivity contribution in [1.82, 2.24) is 15.1 Å². The number of anilines is 1. The average Bonchev–Trinajstić information content (AvgIpc) is 3.26. The standard InChI is InChI=1S/C15H18N4O4S/c1-22-7-14(21)17-15-11-8-24-9-12(11)18-19(15)6-13(20)16-5-10-3-2-4-23-10/h2-4H,5-9H2,1H3,(H,16,20)(H,17,21). The van der Waals surface area contributed by atoms with Crippen molar-refractivity contribution in [2.45, 2.75) is 24.6 Å². The van der Waals surface area contributed by atoms with E-state index in [0.29, 0.717) is 18.1 Å². The zero-order chi connectivity index (χ0) is 16.9. The van der Waals surface area contributed by atoms with E-state index < -0.39 is 0 Å². The Balaban J connectivity index is 1.68. The van der Waals surface area contributed by atoms with Gasteiger partial charge in [-0.3, -0.25) is 9.59 Å². The lowest BCUT2D eigenvalue weighted by atomic mass is 10.3. The van der Waals surface area contributed by atoms with Gasteiger partial charge in [0, 0.05) is 24.2 Å². The Kier molecular flexibility index (Phi) is 5.21. The molecule has 0 saturated carbocycles. The van der Waals surface area contributed by atoms with E-state index in [-0.39, 0.29) is 25.0 Å². The van der Waals surface area contributed by atoms with Crippen LogP contribution in [0.2, 0.25) is 0 Å². The number of ether oxygens (including phenoxy) is 1. The smallest absolute Gasteiger partial charge is 0.251 e. The number of hydrogen-bond donors (Lipinski definition) is 2. The molecule has 8 nitrogen and oxygen atoms in total. The zero-order valence-corrected chi connectivity index (χ0v) is 14.0. The van der Waals surface area contributed by atoms with Crippen molar-refractivity contribution in [2.75, 3.05) is 19.0 Å². The molecule has 3 heterocycles. The summed E-state index contributed by atoms with van der Waals surface area (Å²) in [4.78, 5) is 24.0. The topological polar surface area (TPSA) is 98.4 Å². The van der Waals surface area contributed by atoms with Crippen molar-refractivity contribution in [3.8, 4) is 0 Å². The summed E-state index contributed by atoms with van der Waals surface area (Å²) in [6, 6.07) is 3.55. The molecular weight excluding hydrogens is 332 g/mol. The molecule has 0 aliphatic carbocycles. The predicted molar refractivity (Wildman–Crippen MR) is 88.3 cm³/mol. The van der Waals surface area contributed by atoms with Crippen molar-refractivity contribution in [3.63, 3.8) is 0 Å². The Bertz CT molecular complexity index is 726. The molecule has 0 saturated heterocycles. The van der Waals surface area contributed by atoms with Gasteiger partial charge >= 0.3 is 0 Å². The van der Waals surface area contributed by atoms with Crippen LogP contribution in [-0.2, 0) is 38.9 Å². The first-order valence-electron chi connectivity index (χ1n) is 7.41. The fraction of sp³-hybridized carbons (Fsp3) is 0.400. The number of methoxy groups -OCH3 is 1. The Hall–Kier alpha value is -2.26. The number of fused-ring (bicyclic) bond motifs is 1. The summed E-state index contributed by atoms with van der Waals surface area (Å²) in [5.41, 5.74) is 1.88. The van der Waals surface area contributed by atoms with Crippen LogP contribution in [0.5, 0.6) is 0 Å². The number of carbonyl (C=O) groups excluding carboxylic acids is 2. The van der Waals surface area contributed by atoms with Gasteiger partial charge in [0.2, 0.25) is 5.91 Å². The third-order valence-electron chi connectivity index (χ3n) is 3.49. The Morgan fingerprint density at radius 1 is 1.42 bits per heavy atom. The SMILES string of the molecule is COCC(=O)Nc1c2c(nn1CC(=O)NCc1ccco1)CSC2. The molecule has 0 bridgehead atoms. The van der Waals surface area contributed by atoms with Crippen LogP contribution in [-0.4, -0.2) is 35.3 Å². The first kappa shape index (κ1) is 16.6. The summed E-state index contributed by atoms with van der Waals surface area (Å²) in [6.45, 7) is 0.298. The molecule has 24 heavy (non-hydrogen) atoms. The summed E-state index contributed by atoms with van der Waals surface area (Å²) in [5.74, 6) is 2.33. The summed E-state index contributed by atoms with van der Waals surface area (Å²) in [7, 11) is 1.46. The first-order chi connectivity index (χ1) is 11.7. The largest absolute Gasteiger partial charge is 0.467 e. The number of furan rings is 1. The van der Waals surface area contributed by atoms with E-state index in [1.54, 1.807) is 30.2 Å². The summed E-state index contributed by atoms with van der Waals surface area (Å²) in [5, 5.41) is 10.0. The molecule has 0 atom stereocenters. The Morgan fingerprint density at radius 2 is 2.29 bits per heavy atom. The fourth-order valence-corrected chi connectivity index (χ4v) is 3.45. The van der Waals surface area contributed by atoms with Gasteiger partial charge in [-0.05, 0) is 12.1 Å². The molecule has 2 N–H and O–H groups in total. The van der Waals surface area contributed by atoms with E-state index in [9.17, 15) is 9.59 Å². The predicted octanol–water partition coefficient (Wildman–Crippen LogP) is 1.12. The van der Waals surface area contributed by atoms with Crippen molar-refractivity contribution >= 4 is 29.4 Å². The van der Waals surface area contributed by atoms with Gasteiger partial charge in [0.05, 0.1) is 18.5 Å². The van der Waals surface area contributed by atoms with Gasteiger partial charge in [0.15, 0.2) is 0 Å². The normalized spacial score (nSPS) is 12.9. The Labute approximate surface area is 142 Å². The molecule has 0 fully saturated rings. The van der Waals surface area contributed by atoms with E-state index >= 15 is 0 Å². The highest BCUT2D eigenvalue weighted by Crippen LogP contribution is 2.34. The molecule has 0 spiro atoms. The van der Waals surface area contributed by atoms with Crippen LogP contribution in [0.4, 0.5) is 5.82 Å². The highest BCUT2D eigenvalue weighted by Gasteiger charge is 2.24. The monoisotopic (exact) mass is 350 g/mol. The second kappa shape index (κ2) is 7.54. The number of aromatic nitrogens is 2. The third-order valence-corrected chi connectivity index (χ3v) is 4.46. The lowest BCUT2D eigenvalue weighted by Gasteiger charge is -2.10. The minimum absolute atomic E-state index is 0.0287. The third kappa shape index (κ3) is 3.80. The lowest BCUT2D eigenvalue weighted by molar-refractivity contribution is -0.122. The summed E-state index contributed by atoms with van der Waals surface area (Å²) < 4.78 is 11.5. The molecule has 2 aromatic heterocycles. The molecule has 1 aliphatic heterocycles. The quantitative estimate of drug-likeness (QED) is 0.777. The average molecular weight is 350 g/mol. The van der Waals surface area contributed by atoms with Crippen molar-refractivity contribution in [3.05, 3.63) is 35.4 Å². The number of hydrogen-bond acceptors (Lipinski definition) is 6. The maximum atomic E-state index is 12.1. The van der Waals surface area contributed by atoms with Crippen LogP contribution in [0, 0.1) is 0 Å². The zero-order valence-electron chi connectivity index (χ0n) is 13.2. The molecule has 1 aliphatic rings.